The molecule has 8 heteroatoms. The van der Waals surface area contributed by atoms with Crippen molar-refractivity contribution in [3.8, 4) is 0 Å². The Morgan fingerprint density at radius 1 is 1.15 bits per heavy atom. The van der Waals surface area contributed by atoms with Crippen LogP contribution < -0.4 is 16.2 Å². The van der Waals surface area contributed by atoms with Crippen LogP contribution in [0.5, 0.6) is 0 Å². The molecule has 0 spiro atoms. The van der Waals surface area contributed by atoms with Gasteiger partial charge in [-0.3, -0.25) is 19.1 Å². The average molecular weight is 441 g/mol. The van der Waals surface area contributed by atoms with Gasteiger partial charge in [-0.15, -0.1) is 0 Å². The quantitative estimate of drug-likeness (QED) is 0.443. The van der Waals surface area contributed by atoms with Gasteiger partial charge >= 0.3 is 0 Å². The van der Waals surface area contributed by atoms with E-state index in [2.05, 4.69) is 37.7 Å². The van der Waals surface area contributed by atoms with Crippen molar-refractivity contribution in [1.82, 2.24) is 24.8 Å². The Morgan fingerprint density at radius 2 is 2.06 bits per heavy atom. The molecule has 2 atom stereocenters. The first-order valence-electron chi connectivity index (χ1n) is 11.3. The number of carbonyl (C=O) groups is 1. The molecule has 1 amide bonds. The van der Waals surface area contributed by atoms with Crippen molar-refractivity contribution in [2.45, 2.75) is 44.3 Å². The Balaban J connectivity index is 1.20. The van der Waals surface area contributed by atoms with E-state index in [-0.39, 0.29) is 17.5 Å². The van der Waals surface area contributed by atoms with Gasteiger partial charge < -0.3 is 15.6 Å². The number of hydrogen-bond acceptors (Lipinski definition) is 5. The fourth-order valence-corrected chi connectivity index (χ4v) is 5.07. The van der Waals surface area contributed by atoms with E-state index in [4.69, 9.17) is 0 Å². The van der Waals surface area contributed by atoms with Gasteiger partial charge in [0.05, 0.1) is 18.8 Å². The first kappa shape index (κ1) is 19.7. The van der Waals surface area contributed by atoms with Gasteiger partial charge in [-0.05, 0) is 42.5 Å². The van der Waals surface area contributed by atoms with Gasteiger partial charge in [0.15, 0.2) is 0 Å². The Labute approximate surface area is 190 Å². The molecule has 8 nitrogen and oxygen atoms in total. The summed E-state index contributed by atoms with van der Waals surface area (Å²) in [6.07, 6.45) is 8.23. The predicted octanol–water partition coefficient (Wildman–Crippen LogP) is 3.02. The number of aromatic amines is 1. The van der Waals surface area contributed by atoms with Crippen LogP contribution in [0.2, 0.25) is 0 Å². The third-order valence-corrected chi connectivity index (χ3v) is 6.72. The van der Waals surface area contributed by atoms with Gasteiger partial charge in [0.1, 0.15) is 17.6 Å². The number of nitrogens with zero attached hydrogens (tertiary/aromatic N) is 3. The molecule has 1 aromatic carbocycles. The van der Waals surface area contributed by atoms with Gasteiger partial charge in [-0.1, -0.05) is 24.3 Å². The molecule has 4 aromatic rings. The molecule has 33 heavy (non-hydrogen) atoms. The van der Waals surface area contributed by atoms with Crippen molar-refractivity contribution in [3.63, 3.8) is 0 Å². The van der Waals surface area contributed by atoms with Crippen molar-refractivity contribution in [2.75, 3.05) is 5.32 Å². The van der Waals surface area contributed by atoms with E-state index >= 15 is 0 Å². The zero-order valence-electron chi connectivity index (χ0n) is 18.0. The average Bonchev–Trinajstić information content (AvgIpc) is 3.56. The fraction of sp³-hybridized carbons (Fsp3) is 0.280. The lowest BCUT2D eigenvalue weighted by Crippen LogP contribution is -2.36. The van der Waals surface area contributed by atoms with Crippen LogP contribution in [-0.4, -0.2) is 25.4 Å². The lowest BCUT2D eigenvalue weighted by molar-refractivity contribution is -0.124. The van der Waals surface area contributed by atoms with Gasteiger partial charge in [0.25, 0.3) is 5.56 Å². The number of amides is 1. The molecule has 3 aromatic heterocycles. The van der Waals surface area contributed by atoms with Gasteiger partial charge in [0, 0.05) is 35.4 Å². The van der Waals surface area contributed by atoms with Crippen LogP contribution in [0.4, 0.5) is 5.69 Å². The van der Waals surface area contributed by atoms with Crippen LogP contribution in [0.1, 0.15) is 47.6 Å². The molecule has 0 saturated heterocycles. The normalized spacial score (nSPS) is 18.8. The van der Waals surface area contributed by atoms with E-state index in [1.165, 1.54) is 11.1 Å². The standard InChI is InChI=1S/C25H24N6O2/c32-24(28-13-17-11-16-12-26-10-9-19(16)29-17)22-7-8-23-27-14-21(25(33)31(22)23)30-20-6-5-15-3-1-2-4-18(15)20/h1-4,9-12,14,20,22,29-30H,5-8,13H2,(H,28,32)/t20-,22-/m0/s1. The summed E-state index contributed by atoms with van der Waals surface area (Å²) in [6, 6.07) is 11.7. The van der Waals surface area contributed by atoms with E-state index in [1.54, 1.807) is 23.2 Å². The molecule has 3 N–H and O–H groups in total. The zero-order chi connectivity index (χ0) is 22.4. The summed E-state index contributed by atoms with van der Waals surface area (Å²) in [5.74, 6) is 0.493. The number of pyridine rings is 1. The topological polar surface area (TPSA) is 105 Å². The summed E-state index contributed by atoms with van der Waals surface area (Å²) in [7, 11) is 0. The zero-order valence-corrected chi connectivity index (χ0v) is 18.0. The summed E-state index contributed by atoms with van der Waals surface area (Å²) in [5, 5.41) is 7.36. The van der Waals surface area contributed by atoms with Gasteiger partial charge in [-0.25, -0.2) is 4.98 Å². The van der Waals surface area contributed by atoms with Crippen LogP contribution in [0, 0.1) is 0 Å². The molecule has 0 fully saturated rings. The van der Waals surface area contributed by atoms with Crippen molar-refractivity contribution in [3.05, 3.63) is 88.0 Å². The first-order valence-corrected chi connectivity index (χ1v) is 11.3. The molecule has 0 radical (unpaired) electrons. The van der Waals surface area contributed by atoms with Crippen LogP contribution in [-0.2, 0) is 24.2 Å². The molecular formula is C25H24N6O2. The Morgan fingerprint density at radius 3 is 2.97 bits per heavy atom. The summed E-state index contributed by atoms with van der Waals surface area (Å²) >= 11 is 0. The van der Waals surface area contributed by atoms with Crippen LogP contribution >= 0.6 is 0 Å². The number of nitrogens with one attached hydrogen (secondary N) is 3. The minimum atomic E-state index is -0.552. The first-order chi connectivity index (χ1) is 16.2. The number of benzene rings is 1. The van der Waals surface area contributed by atoms with Crippen LogP contribution in [0.25, 0.3) is 10.9 Å². The maximum absolute atomic E-state index is 13.3. The third kappa shape index (κ3) is 3.47. The predicted molar refractivity (Wildman–Crippen MR) is 125 cm³/mol. The molecule has 0 bridgehead atoms. The molecular weight excluding hydrogens is 416 g/mol. The summed E-state index contributed by atoms with van der Waals surface area (Å²) in [5.41, 5.74) is 4.68. The van der Waals surface area contributed by atoms with Gasteiger partial charge in [0.2, 0.25) is 5.91 Å². The monoisotopic (exact) mass is 440 g/mol. The van der Waals surface area contributed by atoms with Crippen molar-refractivity contribution < 1.29 is 4.79 Å². The lowest BCUT2D eigenvalue weighted by Gasteiger charge is -2.18. The van der Waals surface area contributed by atoms with Gasteiger partial charge in [-0.2, -0.15) is 0 Å². The van der Waals surface area contributed by atoms with Crippen LogP contribution in [0.3, 0.4) is 0 Å². The number of rotatable bonds is 5. The molecule has 166 valence electrons. The van der Waals surface area contributed by atoms with E-state index in [1.807, 2.05) is 24.3 Å². The second kappa shape index (κ2) is 7.88. The van der Waals surface area contributed by atoms with E-state index in [0.29, 0.717) is 30.9 Å². The number of carbonyl (C=O) groups excluding carboxylic acids is 1. The van der Waals surface area contributed by atoms with Crippen molar-refractivity contribution >= 4 is 22.5 Å². The second-order valence-corrected chi connectivity index (χ2v) is 8.73. The number of H-pyrrole nitrogens is 1. The third-order valence-electron chi connectivity index (χ3n) is 6.72. The second-order valence-electron chi connectivity index (χ2n) is 8.73. The fourth-order valence-electron chi connectivity index (χ4n) is 5.07. The summed E-state index contributed by atoms with van der Waals surface area (Å²) < 4.78 is 1.56. The number of anilines is 1. The highest BCUT2D eigenvalue weighted by atomic mass is 16.2. The maximum atomic E-state index is 13.3. The SMILES string of the molecule is O=C(NCc1cc2cnccc2[nH]1)[C@@H]1CCc2ncc(N[C@H]3CCc4ccccc43)c(=O)n21. The Kier molecular flexibility index (Phi) is 4.71. The lowest BCUT2D eigenvalue weighted by atomic mass is 10.1. The van der Waals surface area contributed by atoms with E-state index < -0.39 is 6.04 Å². The molecule has 6 rings (SSSR count). The largest absolute Gasteiger partial charge is 0.372 e. The molecule has 1 aliphatic heterocycles. The summed E-state index contributed by atoms with van der Waals surface area (Å²) in [4.78, 5) is 38.3. The Hall–Kier alpha value is -3.94. The molecule has 1 aliphatic carbocycles. The highest BCUT2D eigenvalue weighted by molar-refractivity contribution is 5.82. The number of fused-ring (bicyclic) bond motifs is 3. The number of aryl methyl sites for hydroxylation is 2. The minimum Gasteiger partial charge on any atom is -0.372 e. The highest BCUT2D eigenvalue weighted by Crippen LogP contribution is 2.33. The minimum absolute atomic E-state index is 0.0829. The van der Waals surface area contributed by atoms with Crippen molar-refractivity contribution in [1.29, 1.82) is 0 Å². The number of hydrogen-bond donors (Lipinski definition) is 3. The molecule has 4 heterocycles. The maximum Gasteiger partial charge on any atom is 0.277 e. The summed E-state index contributed by atoms with van der Waals surface area (Å²) in [6.45, 7) is 0.359. The molecule has 2 aliphatic rings. The van der Waals surface area contributed by atoms with E-state index in [0.717, 1.165) is 29.4 Å². The molecule has 0 saturated carbocycles. The van der Waals surface area contributed by atoms with E-state index in [9.17, 15) is 9.59 Å². The Bertz CT molecular complexity index is 1390. The number of aromatic nitrogens is 4. The van der Waals surface area contributed by atoms with Crippen molar-refractivity contribution in [2.24, 2.45) is 0 Å². The highest BCUT2D eigenvalue weighted by Gasteiger charge is 2.32. The molecule has 0 unspecified atom stereocenters. The van der Waals surface area contributed by atoms with Crippen LogP contribution in [0.15, 0.2) is 59.8 Å². The smallest absolute Gasteiger partial charge is 0.277 e.